The fourth-order valence-electron chi connectivity index (χ4n) is 5.44. The third kappa shape index (κ3) is 4.18. The third-order valence-electron chi connectivity index (χ3n) is 6.73. The number of thiocarbonyl (C=S) groups is 1. The first-order valence-corrected chi connectivity index (χ1v) is 12.5. The van der Waals surface area contributed by atoms with Crippen LogP contribution in [0.4, 0.5) is 0 Å². The summed E-state index contributed by atoms with van der Waals surface area (Å²) in [6, 6.07) is 7.05. The Kier molecular flexibility index (Phi) is 6.61. The standard InChI is InChI=1S/C23H29N3O4S2/c1-14(27)29-18-10-7-11-26-17(18)12-19(30-22(31)32-4)20(23(26,2)3)25-13-24-16-9-6-5-8-15(16)21(25)28/h5-6,8-9,13,17-20H,7,10-12H2,1-4H3/t17-,18+,19+,20+/m1/s1. The van der Waals surface area contributed by atoms with Crippen LogP contribution in [0.3, 0.4) is 0 Å². The summed E-state index contributed by atoms with van der Waals surface area (Å²) in [4.78, 5) is 32.2. The largest absolute Gasteiger partial charge is 0.473 e. The quantitative estimate of drug-likeness (QED) is 0.493. The summed E-state index contributed by atoms with van der Waals surface area (Å²) < 4.78 is 14.1. The van der Waals surface area contributed by atoms with Crippen LogP contribution in [0.5, 0.6) is 0 Å². The van der Waals surface area contributed by atoms with Crippen LogP contribution in [0, 0.1) is 0 Å². The molecule has 0 aliphatic carbocycles. The van der Waals surface area contributed by atoms with Gasteiger partial charge in [0.1, 0.15) is 12.2 Å². The fourth-order valence-corrected chi connectivity index (χ4v) is 5.79. The van der Waals surface area contributed by atoms with Gasteiger partial charge >= 0.3 is 5.97 Å². The number of para-hydroxylation sites is 1. The number of piperidine rings is 2. The Morgan fingerprint density at radius 1 is 1.25 bits per heavy atom. The summed E-state index contributed by atoms with van der Waals surface area (Å²) in [5.41, 5.74) is 0.114. The number of carbonyl (C=O) groups is 1. The Morgan fingerprint density at radius 2 is 2.00 bits per heavy atom. The molecule has 1 aromatic heterocycles. The zero-order chi connectivity index (χ0) is 23.0. The highest BCUT2D eigenvalue weighted by Gasteiger charge is 2.54. The minimum atomic E-state index is -0.464. The van der Waals surface area contributed by atoms with Crippen LogP contribution in [-0.4, -0.2) is 61.4 Å². The molecule has 0 spiro atoms. The van der Waals surface area contributed by atoms with Crippen molar-refractivity contribution in [1.82, 2.24) is 14.5 Å². The molecule has 2 aliphatic heterocycles. The second-order valence-electron chi connectivity index (χ2n) is 8.97. The van der Waals surface area contributed by atoms with Crippen molar-refractivity contribution in [3.05, 3.63) is 40.9 Å². The summed E-state index contributed by atoms with van der Waals surface area (Å²) in [6.07, 6.45) is 5.28. The first-order chi connectivity index (χ1) is 15.2. The summed E-state index contributed by atoms with van der Waals surface area (Å²) in [5.74, 6) is -0.274. The predicted molar refractivity (Wildman–Crippen MR) is 130 cm³/mol. The zero-order valence-electron chi connectivity index (χ0n) is 18.8. The van der Waals surface area contributed by atoms with Gasteiger partial charge in [-0.25, -0.2) is 4.98 Å². The van der Waals surface area contributed by atoms with Crippen LogP contribution in [0.2, 0.25) is 0 Å². The highest BCUT2D eigenvalue weighted by molar-refractivity contribution is 8.22. The molecule has 0 N–H and O–H groups in total. The molecule has 4 atom stereocenters. The van der Waals surface area contributed by atoms with E-state index in [2.05, 4.69) is 23.7 Å². The number of carbonyl (C=O) groups excluding carboxylic acids is 1. The number of benzene rings is 1. The second-order valence-corrected chi connectivity index (χ2v) is 10.4. The van der Waals surface area contributed by atoms with Gasteiger partial charge in [0.25, 0.3) is 5.56 Å². The molecule has 4 rings (SSSR count). The Morgan fingerprint density at radius 3 is 2.72 bits per heavy atom. The Balaban J connectivity index is 1.81. The van der Waals surface area contributed by atoms with Gasteiger partial charge in [-0.15, -0.1) is 0 Å². The van der Waals surface area contributed by atoms with E-state index in [0.717, 1.165) is 19.4 Å². The molecule has 0 unspecified atom stereocenters. The molecule has 0 radical (unpaired) electrons. The minimum Gasteiger partial charge on any atom is -0.473 e. The fraction of sp³-hybridized carbons (Fsp3) is 0.565. The highest BCUT2D eigenvalue weighted by atomic mass is 32.2. The summed E-state index contributed by atoms with van der Waals surface area (Å²) in [7, 11) is 0. The van der Waals surface area contributed by atoms with E-state index in [4.69, 9.17) is 21.7 Å². The van der Waals surface area contributed by atoms with Gasteiger partial charge in [0.05, 0.1) is 29.3 Å². The molecule has 2 fully saturated rings. The van der Waals surface area contributed by atoms with Gasteiger partial charge in [-0.1, -0.05) is 23.9 Å². The second kappa shape index (κ2) is 9.11. The molecular weight excluding hydrogens is 446 g/mol. The minimum absolute atomic E-state index is 0.00215. The van der Waals surface area contributed by atoms with Crippen LogP contribution in [0.15, 0.2) is 35.4 Å². The molecule has 2 aliphatic rings. The molecule has 2 aromatic rings. The third-order valence-corrected chi connectivity index (χ3v) is 7.75. The first kappa shape index (κ1) is 23.2. The van der Waals surface area contributed by atoms with Gasteiger partial charge in [-0.3, -0.25) is 19.1 Å². The molecule has 32 heavy (non-hydrogen) atoms. The van der Waals surface area contributed by atoms with E-state index in [-0.39, 0.29) is 35.8 Å². The molecular formula is C23H29N3O4S2. The lowest BCUT2D eigenvalue weighted by Crippen LogP contribution is -2.68. The van der Waals surface area contributed by atoms with Crippen molar-refractivity contribution >= 4 is 45.2 Å². The van der Waals surface area contributed by atoms with Gasteiger partial charge in [-0.05, 0) is 63.8 Å². The zero-order valence-corrected chi connectivity index (χ0v) is 20.4. The average Bonchev–Trinajstić information content (AvgIpc) is 2.75. The first-order valence-electron chi connectivity index (χ1n) is 10.9. The van der Waals surface area contributed by atoms with Crippen LogP contribution >= 0.6 is 24.0 Å². The lowest BCUT2D eigenvalue weighted by atomic mass is 9.75. The van der Waals surface area contributed by atoms with Crippen molar-refractivity contribution in [1.29, 1.82) is 0 Å². The molecule has 172 valence electrons. The topological polar surface area (TPSA) is 73.7 Å². The smallest absolute Gasteiger partial charge is 0.302 e. The number of aromatic nitrogens is 2. The highest BCUT2D eigenvalue weighted by Crippen LogP contribution is 2.45. The predicted octanol–water partition coefficient (Wildman–Crippen LogP) is 3.55. The van der Waals surface area contributed by atoms with Gasteiger partial charge in [0.2, 0.25) is 4.38 Å². The maximum Gasteiger partial charge on any atom is 0.302 e. The van der Waals surface area contributed by atoms with Crippen LogP contribution in [0.1, 0.15) is 46.1 Å². The lowest BCUT2D eigenvalue weighted by Gasteiger charge is -2.58. The number of fused-ring (bicyclic) bond motifs is 2. The lowest BCUT2D eigenvalue weighted by molar-refractivity contribution is -0.168. The van der Waals surface area contributed by atoms with Crippen molar-refractivity contribution in [2.75, 3.05) is 12.8 Å². The molecule has 9 heteroatoms. The van der Waals surface area contributed by atoms with E-state index in [1.165, 1.54) is 18.7 Å². The molecule has 3 heterocycles. The average molecular weight is 476 g/mol. The number of hydrogen-bond donors (Lipinski definition) is 0. The molecule has 0 amide bonds. The molecule has 2 saturated heterocycles. The van der Waals surface area contributed by atoms with Gasteiger partial charge in [0, 0.05) is 18.9 Å². The molecule has 0 saturated carbocycles. The van der Waals surface area contributed by atoms with Crippen LogP contribution in [0.25, 0.3) is 10.9 Å². The molecule has 1 aromatic carbocycles. The number of esters is 1. The van der Waals surface area contributed by atoms with Crippen molar-refractivity contribution in [3.63, 3.8) is 0 Å². The maximum absolute atomic E-state index is 13.5. The summed E-state index contributed by atoms with van der Waals surface area (Å²) >= 11 is 6.78. The molecule has 0 bridgehead atoms. The number of rotatable bonds is 3. The SMILES string of the molecule is CSC(=S)O[C@H]1C[C@@H]2[C@@H](OC(C)=O)CCCN2C(C)(C)[C@H]1n1cnc2ccccc2c1=O. The maximum atomic E-state index is 13.5. The van der Waals surface area contributed by atoms with Crippen molar-refractivity contribution < 1.29 is 14.3 Å². The van der Waals surface area contributed by atoms with E-state index >= 15 is 0 Å². The monoisotopic (exact) mass is 475 g/mol. The number of hydrogen-bond acceptors (Lipinski definition) is 8. The van der Waals surface area contributed by atoms with Crippen LogP contribution in [-0.2, 0) is 14.3 Å². The Labute approximate surface area is 197 Å². The van der Waals surface area contributed by atoms with Crippen LogP contribution < -0.4 is 5.56 Å². The normalized spacial score (nSPS) is 27.5. The Hall–Kier alpha value is -1.97. The van der Waals surface area contributed by atoms with E-state index in [0.29, 0.717) is 21.7 Å². The van der Waals surface area contributed by atoms with E-state index in [1.807, 2.05) is 24.5 Å². The van der Waals surface area contributed by atoms with Gasteiger partial charge < -0.3 is 9.47 Å². The van der Waals surface area contributed by atoms with Gasteiger partial charge in [-0.2, -0.15) is 0 Å². The van der Waals surface area contributed by atoms with Crippen molar-refractivity contribution in [2.24, 2.45) is 0 Å². The van der Waals surface area contributed by atoms with Crippen molar-refractivity contribution in [2.45, 2.75) is 69.9 Å². The van der Waals surface area contributed by atoms with E-state index in [9.17, 15) is 9.59 Å². The summed E-state index contributed by atoms with van der Waals surface area (Å²) in [5, 5.41) is 0.579. The molecule has 7 nitrogen and oxygen atoms in total. The van der Waals surface area contributed by atoms with Gasteiger partial charge in [0.15, 0.2) is 0 Å². The summed E-state index contributed by atoms with van der Waals surface area (Å²) in [6.45, 7) is 6.56. The van der Waals surface area contributed by atoms with E-state index < -0.39 is 5.54 Å². The number of nitrogens with zero attached hydrogens (tertiary/aromatic N) is 3. The van der Waals surface area contributed by atoms with E-state index in [1.54, 1.807) is 17.0 Å². The number of ether oxygens (including phenoxy) is 2. The van der Waals surface area contributed by atoms with Crippen molar-refractivity contribution in [3.8, 4) is 0 Å². The Bertz CT molecular complexity index is 1090. The number of thioether (sulfide) groups is 1.